The van der Waals surface area contributed by atoms with Crippen LogP contribution in [0.1, 0.15) is 18.5 Å². The van der Waals surface area contributed by atoms with E-state index in [1.165, 1.54) is 18.9 Å². The maximum Gasteiger partial charge on any atom is 0.270 e. The zero-order chi connectivity index (χ0) is 13.2. The molecule has 1 aromatic carbocycles. The highest BCUT2D eigenvalue weighted by Crippen LogP contribution is 2.20. The van der Waals surface area contributed by atoms with Crippen molar-refractivity contribution in [3.8, 4) is 0 Å². The molecule has 1 fully saturated rings. The molecule has 0 N–H and O–H groups in total. The van der Waals surface area contributed by atoms with Gasteiger partial charge < -0.3 is 0 Å². The second-order valence-corrected chi connectivity index (χ2v) is 4.92. The Hall–Kier alpha value is -2.01. The number of pyridine rings is 1. The smallest absolute Gasteiger partial charge is 0.270 e. The average Bonchev–Trinajstić information content (AvgIpc) is 2.91. The van der Waals surface area contributed by atoms with Gasteiger partial charge in [0.1, 0.15) is 0 Å². The van der Waals surface area contributed by atoms with Gasteiger partial charge in [0.2, 0.25) is 0 Å². The summed E-state index contributed by atoms with van der Waals surface area (Å²) in [4.78, 5) is 17.3. The van der Waals surface area contributed by atoms with Crippen molar-refractivity contribution in [1.82, 2.24) is 9.88 Å². The minimum absolute atomic E-state index is 0.113. The summed E-state index contributed by atoms with van der Waals surface area (Å²) in [6, 6.07) is 8.68. The van der Waals surface area contributed by atoms with E-state index in [-0.39, 0.29) is 10.6 Å². The number of nitro groups is 1. The molecule has 1 saturated heterocycles. The molecule has 2 heterocycles. The van der Waals surface area contributed by atoms with Crippen LogP contribution in [0.15, 0.2) is 30.3 Å². The molecule has 0 amide bonds. The van der Waals surface area contributed by atoms with E-state index in [0.717, 1.165) is 36.2 Å². The van der Waals surface area contributed by atoms with Crippen LogP contribution in [0.2, 0.25) is 0 Å². The van der Waals surface area contributed by atoms with Gasteiger partial charge in [-0.3, -0.25) is 20.0 Å². The molecular formula is C14H15N3O2. The van der Waals surface area contributed by atoms with E-state index < -0.39 is 0 Å². The second-order valence-electron chi connectivity index (χ2n) is 4.92. The molecule has 1 aliphatic rings. The number of nitro benzene ring substituents is 1. The molecule has 0 unspecified atom stereocenters. The van der Waals surface area contributed by atoms with Crippen molar-refractivity contribution in [3.05, 3.63) is 46.1 Å². The van der Waals surface area contributed by atoms with Crippen LogP contribution in [0, 0.1) is 10.1 Å². The van der Waals surface area contributed by atoms with Crippen LogP contribution in [0.5, 0.6) is 0 Å². The molecule has 98 valence electrons. The SMILES string of the molecule is O=[N+]([O-])c1ccc2nc(CN3CCCC3)ccc2c1. The number of benzene rings is 1. The van der Waals surface area contributed by atoms with Crippen molar-refractivity contribution in [1.29, 1.82) is 0 Å². The van der Waals surface area contributed by atoms with Crippen molar-refractivity contribution >= 4 is 16.6 Å². The lowest BCUT2D eigenvalue weighted by atomic mass is 10.2. The standard InChI is InChI=1S/C14H15N3O2/c18-17(19)13-5-6-14-11(9-13)3-4-12(15-14)10-16-7-1-2-8-16/h3-6,9H,1-2,7-8,10H2. The Labute approximate surface area is 111 Å². The third-order valence-corrected chi connectivity index (χ3v) is 3.53. The Morgan fingerprint density at radius 3 is 2.74 bits per heavy atom. The first kappa shape index (κ1) is 12.0. The van der Waals surface area contributed by atoms with Gasteiger partial charge in [-0.1, -0.05) is 6.07 Å². The van der Waals surface area contributed by atoms with E-state index in [4.69, 9.17) is 0 Å². The number of hydrogen-bond donors (Lipinski definition) is 0. The van der Waals surface area contributed by atoms with Crippen molar-refractivity contribution in [2.45, 2.75) is 19.4 Å². The second kappa shape index (κ2) is 4.93. The molecule has 5 heteroatoms. The van der Waals surface area contributed by atoms with Gasteiger partial charge in [-0.25, -0.2) is 0 Å². The van der Waals surface area contributed by atoms with Crippen LogP contribution >= 0.6 is 0 Å². The summed E-state index contributed by atoms with van der Waals surface area (Å²) in [6.45, 7) is 3.15. The minimum atomic E-state index is -0.377. The van der Waals surface area contributed by atoms with Crippen LogP contribution in [0.3, 0.4) is 0 Å². The molecule has 0 aliphatic carbocycles. The summed E-state index contributed by atoms with van der Waals surface area (Å²) < 4.78 is 0. The Bertz CT molecular complexity index is 621. The first-order valence-electron chi connectivity index (χ1n) is 6.49. The van der Waals surface area contributed by atoms with Gasteiger partial charge in [0.25, 0.3) is 5.69 Å². The van der Waals surface area contributed by atoms with Gasteiger partial charge in [0, 0.05) is 24.1 Å². The molecule has 2 aromatic rings. The molecule has 0 spiro atoms. The first-order chi connectivity index (χ1) is 9.22. The lowest BCUT2D eigenvalue weighted by Crippen LogP contribution is -2.19. The number of non-ortho nitro benzene ring substituents is 1. The number of nitrogens with zero attached hydrogens (tertiary/aromatic N) is 3. The molecule has 1 aromatic heterocycles. The largest absolute Gasteiger partial charge is 0.298 e. The van der Waals surface area contributed by atoms with Gasteiger partial charge in [0.15, 0.2) is 0 Å². The van der Waals surface area contributed by atoms with Gasteiger partial charge in [-0.2, -0.15) is 0 Å². The van der Waals surface area contributed by atoms with Crippen LogP contribution in [-0.4, -0.2) is 27.9 Å². The predicted octanol–water partition coefficient (Wildman–Crippen LogP) is 2.74. The van der Waals surface area contributed by atoms with Gasteiger partial charge >= 0.3 is 0 Å². The topological polar surface area (TPSA) is 59.3 Å². The number of likely N-dealkylation sites (tertiary alicyclic amines) is 1. The van der Waals surface area contributed by atoms with Crippen molar-refractivity contribution in [2.24, 2.45) is 0 Å². The van der Waals surface area contributed by atoms with E-state index in [1.807, 2.05) is 12.1 Å². The molecule has 0 saturated carbocycles. The summed E-state index contributed by atoms with van der Waals surface area (Å²) in [6.07, 6.45) is 2.53. The predicted molar refractivity (Wildman–Crippen MR) is 72.9 cm³/mol. The molecule has 0 bridgehead atoms. The normalized spacial score (nSPS) is 16.0. The molecule has 3 rings (SSSR count). The van der Waals surface area contributed by atoms with Crippen molar-refractivity contribution in [2.75, 3.05) is 13.1 Å². The highest BCUT2D eigenvalue weighted by atomic mass is 16.6. The summed E-state index contributed by atoms with van der Waals surface area (Å²) in [5.74, 6) is 0. The van der Waals surface area contributed by atoms with E-state index >= 15 is 0 Å². The molecule has 19 heavy (non-hydrogen) atoms. The summed E-state index contributed by atoms with van der Waals surface area (Å²) in [5.41, 5.74) is 1.96. The van der Waals surface area contributed by atoms with Gasteiger partial charge in [0.05, 0.1) is 16.1 Å². The first-order valence-corrected chi connectivity index (χ1v) is 6.49. The van der Waals surface area contributed by atoms with Crippen LogP contribution in [-0.2, 0) is 6.54 Å². The van der Waals surface area contributed by atoms with Crippen molar-refractivity contribution < 1.29 is 4.92 Å². The molecule has 0 atom stereocenters. The van der Waals surface area contributed by atoms with Gasteiger partial charge in [-0.15, -0.1) is 0 Å². The van der Waals surface area contributed by atoms with E-state index in [0.29, 0.717) is 0 Å². The monoisotopic (exact) mass is 257 g/mol. The maximum atomic E-state index is 10.7. The lowest BCUT2D eigenvalue weighted by molar-refractivity contribution is -0.384. The summed E-state index contributed by atoms with van der Waals surface area (Å²) in [7, 11) is 0. The van der Waals surface area contributed by atoms with E-state index in [2.05, 4.69) is 9.88 Å². The van der Waals surface area contributed by atoms with Gasteiger partial charge in [-0.05, 0) is 38.1 Å². The quantitative estimate of drug-likeness (QED) is 0.626. The Balaban J connectivity index is 1.88. The van der Waals surface area contributed by atoms with Crippen LogP contribution < -0.4 is 0 Å². The number of hydrogen-bond acceptors (Lipinski definition) is 4. The summed E-state index contributed by atoms with van der Waals surface area (Å²) in [5, 5.41) is 11.5. The fourth-order valence-electron chi connectivity index (χ4n) is 2.53. The third-order valence-electron chi connectivity index (χ3n) is 3.53. The highest BCUT2D eigenvalue weighted by molar-refractivity contribution is 5.81. The fourth-order valence-corrected chi connectivity index (χ4v) is 2.53. The summed E-state index contributed by atoms with van der Waals surface area (Å²) >= 11 is 0. The van der Waals surface area contributed by atoms with Crippen molar-refractivity contribution in [3.63, 3.8) is 0 Å². The number of fused-ring (bicyclic) bond motifs is 1. The zero-order valence-electron chi connectivity index (χ0n) is 10.6. The Morgan fingerprint density at radius 1 is 1.21 bits per heavy atom. The zero-order valence-corrected chi connectivity index (χ0v) is 10.6. The average molecular weight is 257 g/mol. The highest BCUT2D eigenvalue weighted by Gasteiger charge is 2.13. The van der Waals surface area contributed by atoms with E-state index in [9.17, 15) is 10.1 Å². The molecular weight excluding hydrogens is 242 g/mol. The van der Waals surface area contributed by atoms with E-state index in [1.54, 1.807) is 12.1 Å². The number of aromatic nitrogens is 1. The van der Waals surface area contributed by atoms with Crippen LogP contribution in [0.25, 0.3) is 10.9 Å². The third kappa shape index (κ3) is 2.56. The maximum absolute atomic E-state index is 10.7. The molecule has 1 aliphatic heterocycles. The Morgan fingerprint density at radius 2 is 2.00 bits per heavy atom. The number of rotatable bonds is 3. The minimum Gasteiger partial charge on any atom is -0.298 e. The fraction of sp³-hybridized carbons (Fsp3) is 0.357. The van der Waals surface area contributed by atoms with Crippen LogP contribution in [0.4, 0.5) is 5.69 Å². The Kier molecular flexibility index (Phi) is 3.13. The molecule has 5 nitrogen and oxygen atoms in total. The lowest BCUT2D eigenvalue weighted by Gasteiger charge is -2.13. The molecule has 0 radical (unpaired) electrons.